The normalized spacial score (nSPS) is 18.2. The lowest BCUT2D eigenvalue weighted by Gasteiger charge is -2.31. The molecule has 2 aromatic carbocycles. The molecule has 2 heterocycles. The van der Waals surface area contributed by atoms with Crippen molar-refractivity contribution >= 4 is 30.6 Å². The third-order valence-electron chi connectivity index (χ3n) is 6.54. The lowest BCUT2D eigenvalue weighted by atomic mass is 10.1. The van der Waals surface area contributed by atoms with E-state index in [1.54, 1.807) is 12.1 Å². The van der Waals surface area contributed by atoms with Crippen LogP contribution in [0.5, 0.6) is 23.0 Å². The van der Waals surface area contributed by atoms with Crippen LogP contribution in [0.3, 0.4) is 0 Å². The van der Waals surface area contributed by atoms with E-state index in [4.69, 9.17) is 23.7 Å². The van der Waals surface area contributed by atoms with Crippen molar-refractivity contribution in [3.8, 4) is 23.0 Å². The van der Waals surface area contributed by atoms with Crippen molar-refractivity contribution in [1.82, 2.24) is 0 Å². The van der Waals surface area contributed by atoms with Crippen molar-refractivity contribution in [1.29, 1.82) is 0 Å². The maximum atomic E-state index is 13.0. The molecule has 0 saturated heterocycles. The van der Waals surface area contributed by atoms with Gasteiger partial charge in [0.1, 0.15) is 28.7 Å². The Bertz CT molecular complexity index is 1180. The summed E-state index contributed by atoms with van der Waals surface area (Å²) in [7, 11) is 2.89. The minimum Gasteiger partial charge on any atom is -0.496 e. The van der Waals surface area contributed by atoms with E-state index in [0.29, 0.717) is 23.0 Å². The fourth-order valence-corrected chi connectivity index (χ4v) is 7.53. The van der Waals surface area contributed by atoms with E-state index in [0.717, 1.165) is 12.0 Å². The second-order valence-electron chi connectivity index (χ2n) is 9.37. The molecular formula is C26H31NO7Si. The molecule has 2 aromatic rings. The molecule has 2 aliphatic heterocycles. The SMILES string of the molecule is COc1cc(OC)c(NC(=O)C2OC(Oc3cc4c(cc3C)CCC[Si]4(C)C)=CC2=O)c(OC)c1. The van der Waals surface area contributed by atoms with E-state index in [9.17, 15) is 9.59 Å². The Hall–Kier alpha value is -3.46. The monoisotopic (exact) mass is 497 g/mol. The van der Waals surface area contributed by atoms with E-state index >= 15 is 0 Å². The van der Waals surface area contributed by atoms with Gasteiger partial charge in [-0.2, -0.15) is 0 Å². The summed E-state index contributed by atoms with van der Waals surface area (Å²) in [5.74, 6) is 0.610. The lowest BCUT2D eigenvalue weighted by molar-refractivity contribution is -0.134. The van der Waals surface area contributed by atoms with Crippen molar-refractivity contribution in [2.45, 2.75) is 45.0 Å². The van der Waals surface area contributed by atoms with Gasteiger partial charge in [0.2, 0.25) is 11.9 Å². The molecule has 1 amide bonds. The summed E-state index contributed by atoms with van der Waals surface area (Å²) in [6, 6.07) is 8.70. The number of benzene rings is 2. The van der Waals surface area contributed by atoms with Gasteiger partial charge < -0.3 is 29.0 Å². The summed E-state index contributed by atoms with van der Waals surface area (Å²) in [5.41, 5.74) is 2.62. The molecule has 1 N–H and O–H groups in total. The van der Waals surface area contributed by atoms with Crippen LogP contribution in [0.25, 0.3) is 0 Å². The predicted molar refractivity (Wildman–Crippen MR) is 135 cm³/mol. The summed E-state index contributed by atoms with van der Waals surface area (Å²) in [6.07, 6.45) is 2.12. The Morgan fingerprint density at radius 1 is 1.03 bits per heavy atom. The van der Waals surface area contributed by atoms with Gasteiger partial charge in [-0.25, -0.2) is 0 Å². The van der Waals surface area contributed by atoms with Crippen molar-refractivity contribution < 1.29 is 33.3 Å². The number of ether oxygens (including phenoxy) is 5. The molecule has 0 bridgehead atoms. The number of carbonyl (C=O) groups is 2. The van der Waals surface area contributed by atoms with Crippen molar-refractivity contribution in [3.63, 3.8) is 0 Å². The Morgan fingerprint density at radius 2 is 1.71 bits per heavy atom. The fraction of sp³-hybridized carbons (Fsp3) is 0.385. The summed E-state index contributed by atoms with van der Waals surface area (Å²) in [4.78, 5) is 25.6. The maximum absolute atomic E-state index is 13.0. The number of methoxy groups -OCH3 is 3. The predicted octanol–water partition coefficient (Wildman–Crippen LogP) is 3.71. The van der Waals surface area contributed by atoms with Crippen LogP contribution >= 0.6 is 0 Å². The molecule has 0 radical (unpaired) electrons. The fourth-order valence-electron chi connectivity index (χ4n) is 4.61. The Labute approximate surface area is 206 Å². The first-order valence-corrected chi connectivity index (χ1v) is 14.7. The van der Waals surface area contributed by atoms with Gasteiger partial charge in [-0.15, -0.1) is 0 Å². The number of fused-ring (bicyclic) bond motifs is 1. The average molecular weight is 498 g/mol. The van der Waals surface area contributed by atoms with E-state index in [1.165, 1.54) is 50.6 Å². The summed E-state index contributed by atoms with van der Waals surface area (Å²) in [5, 5.41) is 4.06. The third kappa shape index (κ3) is 4.86. The average Bonchev–Trinajstić information content (AvgIpc) is 3.19. The van der Waals surface area contributed by atoms with E-state index in [-0.39, 0.29) is 11.6 Å². The molecule has 0 fully saturated rings. The Kier molecular flexibility index (Phi) is 6.80. The number of carbonyl (C=O) groups excluding carboxylic acids is 2. The zero-order valence-electron chi connectivity index (χ0n) is 20.9. The topological polar surface area (TPSA) is 92.3 Å². The number of rotatable bonds is 7. The Balaban J connectivity index is 1.51. The molecule has 2 aliphatic rings. The number of anilines is 1. The number of amides is 1. The van der Waals surface area contributed by atoms with Gasteiger partial charge in [-0.3, -0.25) is 9.59 Å². The largest absolute Gasteiger partial charge is 0.496 e. The minimum absolute atomic E-state index is 0.00198. The molecule has 1 atom stereocenters. The van der Waals surface area contributed by atoms with Crippen LogP contribution < -0.4 is 29.5 Å². The quantitative estimate of drug-likeness (QED) is 0.461. The van der Waals surface area contributed by atoms with Crippen molar-refractivity contribution in [2.24, 2.45) is 0 Å². The van der Waals surface area contributed by atoms with Gasteiger partial charge in [-0.05, 0) is 30.5 Å². The highest BCUT2D eigenvalue weighted by atomic mass is 28.3. The maximum Gasteiger partial charge on any atom is 0.289 e. The summed E-state index contributed by atoms with van der Waals surface area (Å²) >= 11 is 0. The number of ketones is 1. The second-order valence-corrected chi connectivity index (χ2v) is 14.2. The van der Waals surface area contributed by atoms with Crippen LogP contribution in [-0.2, 0) is 20.7 Å². The molecular weight excluding hydrogens is 466 g/mol. The van der Waals surface area contributed by atoms with E-state index in [1.807, 2.05) is 6.92 Å². The number of aryl methyl sites for hydroxylation is 2. The minimum atomic E-state index is -1.54. The van der Waals surface area contributed by atoms with Crippen LogP contribution in [0.15, 0.2) is 36.3 Å². The molecule has 4 rings (SSSR count). The van der Waals surface area contributed by atoms with E-state index in [2.05, 4.69) is 30.5 Å². The standard InChI is InChI=1S/C26H31NO7Si/c1-15-10-16-8-7-9-35(5,6)22(16)14-19(15)33-23-13-18(28)25(34-23)26(29)27-24-20(31-3)11-17(30-2)12-21(24)32-4/h10-14,25H,7-9H2,1-6H3,(H,27,29). The van der Waals surface area contributed by atoms with Crippen LogP contribution in [0.2, 0.25) is 19.1 Å². The second kappa shape index (κ2) is 9.65. The first-order valence-electron chi connectivity index (χ1n) is 11.5. The van der Waals surface area contributed by atoms with Gasteiger partial charge in [0.25, 0.3) is 11.9 Å². The lowest BCUT2D eigenvalue weighted by Crippen LogP contribution is -2.46. The van der Waals surface area contributed by atoms with Gasteiger partial charge >= 0.3 is 0 Å². The highest BCUT2D eigenvalue weighted by Gasteiger charge is 2.37. The van der Waals surface area contributed by atoms with Gasteiger partial charge in [0.05, 0.1) is 35.5 Å². The zero-order chi connectivity index (χ0) is 25.3. The smallest absolute Gasteiger partial charge is 0.289 e. The van der Waals surface area contributed by atoms with Crippen LogP contribution in [0.1, 0.15) is 17.5 Å². The molecule has 186 valence electrons. The van der Waals surface area contributed by atoms with Crippen molar-refractivity contribution in [2.75, 3.05) is 26.6 Å². The van der Waals surface area contributed by atoms with Gasteiger partial charge in [0.15, 0.2) is 0 Å². The van der Waals surface area contributed by atoms with Crippen LogP contribution in [0.4, 0.5) is 5.69 Å². The highest BCUT2D eigenvalue weighted by molar-refractivity contribution is 6.90. The Morgan fingerprint density at radius 3 is 2.34 bits per heavy atom. The molecule has 1 unspecified atom stereocenters. The molecule has 35 heavy (non-hydrogen) atoms. The zero-order valence-corrected chi connectivity index (χ0v) is 21.9. The molecule has 9 heteroatoms. The highest BCUT2D eigenvalue weighted by Crippen LogP contribution is 2.39. The van der Waals surface area contributed by atoms with E-state index < -0.39 is 25.9 Å². The summed E-state index contributed by atoms with van der Waals surface area (Å²) in [6.45, 7) is 6.70. The number of hydrogen-bond acceptors (Lipinski definition) is 7. The third-order valence-corrected chi connectivity index (χ3v) is 10.1. The van der Waals surface area contributed by atoms with Crippen LogP contribution in [0, 0.1) is 6.92 Å². The van der Waals surface area contributed by atoms with Gasteiger partial charge in [-0.1, -0.05) is 36.8 Å². The van der Waals surface area contributed by atoms with Crippen LogP contribution in [-0.4, -0.2) is 47.2 Å². The first kappa shape index (κ1) is 24.7. The first-order chi connectivity index (χ1) is 16.7. The molecule has 0 spiro atoms. The van der Waals surface area contributed by atoms with Crippen molar-refractivity contribution in [3.05, 3.63) is 47.4 Å². The molecule has 0 saturated carbocycles. The number of hydrogen-bond donors (Lipinski definition) is 1. The van der Waals surface area contributed by atoms with Gasteiger partial charge in [0, 0.05) is 12.1 Å². The number of nitrogens with one attached hydrogen (secondary N) is 1. The molecule has 0 aromatic heterocycles. The molecule has 0 aliphatic carbocycles. The molecule has 8 nitrogen and oxygen atoms in total. The summed E-state index contributed by atoms with van der Waals surface area (Å²) < 4.78 is 27.6.